The van der Waals surface area contributed by atoms with Gasteiger partial charge in [-0.3, -0.25) is 9.48 Å². The van der Waals surface area contributed by atoms with Gasteiger partial charge in [-0.15, -0.1) is 6.58 Å². The van der Waals surface area contributed by atoms with Gasteiger partial charge >= 0.3 is 0 Å². The molecule has 0 aliphatic heterocycles. The predicted octanol–water partition coefficient (Wildman–Crippen LogP) is 1.67. The van der Waals surface area contributed by atoms with Crippen molar-refractivity contribution >= 4 is 27.3 Å². The van der Waals surface area contributed by atoms with Crippen molar-refractivity contribution in [3.63, 3.8) is 0 Å². The Labute approximate surface area is 112 Å². The predicted molar refractivity (Wildman–Crippen MR) is 72.9 cm³/mol. The van der Waals surface area contributed by atoms with Gasteiger partial charge in [0.05, 0.1) is 30.3 Å². The standard InChI is InChI=1S/C11H12BrN5O/c1-3-4-17-11(18)10(12)9(6-14-17)15-8-5-13-16(2)7-8/h3,5-7,15H,1,4H2,2H3. The first-order valence-corrected chi connectivity index (χ1v) is 6.03. The van der Waals surface area contributed by atoms with E-state index in [2.05, 4.69) is 38.0 Å². The fraction of sp³-hybridized carbons (Fsp3) is 0.182. The van der Waals surface area contributed by atoms with Crippen LogP contribution >= 0.6 is 15.9 Å². The topological polar surface area (TPSA) is 64.7 Å². The molecule has 0 amide bonds. The average Bonchev–Trinajstić information content (AvgIpc) is 2.75. The molecule has 7 heteroatoms. The van der Waals surface area contributed by atoms with E-state index in [1.54, 1.807) is 23.2 Å². The summed E-state index contributed by atoms with van der Waals surface area (Å²) in [6.45, 7) is 3.96. The molecule has 2 heterocycles. The molecule has 0 spiro atoms. The maximum Gasteiger partial charge on any atom is 0.283 e. The van der Waals surface area contributed by atoms with E-state index in [1.165, 1.54) is 4.68 Å². The molecule has 0 atom stereocenters. The van der Waals surface area contributed by atoms with E-state index in [0.29, 0.717) is 16.7 Å². The summed E-state index contributed by atoms with van der Waals surface area (Å²) in [5, 5.41) is 11.1. The maximum atomic E-state index is 11.9. The summed E-state index contributed by atoms with van der Waals surface area (Å²) < 4.78 is 3.43. The van der Waals surface area contributed by atoms with Crippen LogP contribution in [-0.2, 0) is 13.6 Å². The molecule has 1 N–H and O–H groups in total. The van der Waals surface area contributed by atoms with Crippen molar-refractivity contribution in [2.75, 3.05) is 5.32 Å². The second-order valence-corrected chi connectivity index (χ2v) is 4.47. The number of hydrogen-bond donors (Lipinski definition) is 1. The molecular weight excluding hydrogens is 298 g/mol. The van der Waals surface area contributed by atoms with Crippen molar-refractivity contribution in [2.24, 2.45) is 7.05 Å². The van der Waals surface area contributed by atoms with E-state index >= 15 is 0 Å². The molecule has 0 aliphatic carbocycles. The minimum atomic E-state index is -0.205. The lowest BCUT2D eigenvalue weighted by Gasteiger charge is -2.07. The first kappa shape index (κ1) is 12.6. The Hall–Kier alpha value is -1.89. The Morgan fingerprint density at radius 3 is 2.89 bits per heavy atom. The fourth-order valence-corrected chi connectivity index (χ4v) is 1.85. The summed E-state index contributed by atoms with van der Waals surface area (Å²) in [5.74, 6) is 0. The summed E-state index contributed by atoms with van der Waals surface area (Å²) >= 11 is 3.27. The minimum absolute atomic E-state index is 0.205. The number of nitrogens with one attached hydrogen (secondary N) is 1. The Morgan fingerprint density at radius 1 is 1.50 bits per heavy atom. The number of aromatic nitrogens is 4. The highest BCUT2D eigenvalue weighted by Gasteiger charge is 2.08. The molecule has 2 rings (SSSR count). The third kappa shape index (κ3) is 2.51. The third-order valence-electron chi connectivity index (χ3n) is 2.27. The van der Waals surface area contributed by atoms with Gasteiger partial charge in [0.15, 0.2) is 0 Å². The fourth-order valence-electron chi connectivity index (χ4n) is 1.45. The summed E-state index contributed by atoms with van der Waals surface area (Å²) in [6, 6.07) is 0. The lowest BCUT2D eigenvalue weighted by molar-refractivity contribution is 0.649. The molecule has 2 aromatic heterocycles. The Morgan fingerprint density at radius 2 is 2.28 bits per heavy atom. The molecule has 6 nitrogen and oxygen atoms in total. The van der Waals surface area contributed by atoms with E-state index in [1.807, 2.05) is 13.2 Å². The Kier molecular flexibility index (Phi) is 3.61. The highest BCUT2D eigenvalue weighted by molar-refractivity contribution is 9.10. The molecule has 0 aromatic carbocycles. The second kappa shape index (κ2) is 5.18. The zero-order chi connectivity index (χ0) is 13.1. The first-order valence-electron chi connectivity index (χ1n) is 5.24. The van der Waals surface area contributed by atoms with Crippen molar-refractivity contribution in [3.05, 3.63) is 46.1 Å². The molecule has 0 saturated heterocycles. The highest BCUT2D eigenvalue weighted by Crippen LogP contribution is 2.20. The zero-order valence-electron chi connectivity index (χ0n) is 9.80. The summed E-state index contributed by atoms with van der Waals surface area (Å²) in [4.78, 5) is 11.9. The summed E-state index contributed by atoms with van der Waals surface area (Å²) in [5.41, 5.74) is 1.19. The average molecular weight is 310 g/mol. The van der Waals surface area contributed by atoms with E-state index in [-0.39, 0.29) is 5.56 Å². The van der Waals surface area contributed by atoms with Gasteiger partial charge in [0.1, 0.15) is 4.47 Å². The van der Waals surface area contributed by atoms with Crippen LogP contribution in [0.2, 0.25) is 0 Å². The monoisotopic (exact) mass is 309 g/mol. The summed E-state index contributed by atoms with van der Waals surface area (Å²) in [6.07, 6.45) is 6.68. The number of halogens is 1. The zero-order valence-corrected chi connectivity index (χ0v) is 11.4. The van der Waals surface area contributed by atoms with E-state index in [9.17, 15) is 4.79 Å². The van der Waals surface area contributed by atoms with Crippen LogP contribution in [0.3, 0.4) is 0 Å². The van der Waals surface area contributed by atoms with Crippen LogP contribution in [0.25, 0.3) is 0 Å². The highest BCUT2D eigenvalue weighted by atomic mass is 79.9. The van der Waals surface area contributed by atoms with Crippen molar-refractivity contribution < 1.29 is 0 Å². The van der Waals surface area contributed by atoms with Gasteiger partial charge in [-0.2, -0.15) is 10.2 Å². The van der Waals surface area contributed by atoms with Crippen LogP contribution in [0, 0.1) is 0 Å². The van der Waals surface area contributed by atoms with Gasteiger partial charge in [0.2, 0.25) is 0 Å². The van der Waals surface area contributed by atoms with Gasteiger partial charge in [-0.25, -0.2) is 4.68 Å². The number of allylic oxidation sites excluding steroid dienone is 1. The Bertz CT molecular complexity index is 631. The molecule has 0 saturated carbocycles. The van der Waals surface area contributed by atoms with Crippen molar-refractivity contribution in [2.45, 2.75) is 6.54 Å². The van der Waals surface area contributed by atoms with Crippen LogP contribution in [0.1, 0.15) is 0 Å². The molecule has 94 valence electrons. The molecule has 0 aliphatic rings. The number of hydrogen-bond acceptors (Lipinski definition) is 4. The summed E-state index contributed by atoms with van der Waals surface area (Å²) in [7, 11) is 1.82. The third-order valence-corrected chi connectivity index (χ3v) is 3.04. The van der Waals surface area contributed by atoms with E-state index in [0.717, 1.165) is 5.69 Å². The van der Waals surface area contributed by atoms with Crippen LogP contribution < -0.4 is 10.9 Å². The van der Waals surface area contributed by atoms with Gasteiger partial charge < -0.3 is 5.32 Å². The smallest absolute Gasteiger partial charge is 0.283 e. The largest absolute Gasteiger partial charge is 0.351 e. The molecule has 0 unspecified atom stereocenters. The van der Waals surface area contributed by atoms with Crippen LogP contribution in [0.5, 0.6) is 0 Å². The lowest BCUT2D eigenvalue weighted by atomic mass is 10.4. The molecule has 18 heavy (non-hydrogen) atoms. The van der Waals surface area contributed by atoms with Crippen LogP contribution in [0.4, 0.5) is 11.4 Å². The Balaban J connectivity index is 2.32. The van der Waals surface area contributed by atoms with Crippen molar-refractivity contribution in [1.29, 1.82) is 0 Å². The van der Waals surface area contributed by atoms with E-state index < -0.39 is 0 Å². The first-order chi connectivity index (χ1) is 8.61. The van der Waals surface area contributed by atoms with Crippen LogP contribution in [-0.4, -0.2) is 19.6 Å². The quantitative estimate of drug-likeness (QED) is 0.873. The molecule has 0 radical (unpaired) electrons. The molecular formula is C11H12BrN5O. The van der Waals surface area contributed by atoms with Gasteiger partial charge in [0.25, 0.3) is 5.56 Å². The lowest BCUT2D eigenvalue weighted by Crippen LogP contribution is -2.23. The second-order valence-electron chi connectivity index (χ2n) is 3.68. The maximum absolute atomic E-state index is 11.9. The SMILES string of the molecule is C=CCn1ncc(Nc2cnn(C)c2)c(Br)c1=O. The number of anilines is 2. The van der Waals surface area contributed by atoms with Gasteiger partial charge in [0, 0.05) is 13.2 Å². The van der Waals surface area contributed by atoms with Gasteiger partial charge in [-0.05, 0) is 15.9 Å². The van der Waals surface area contributed by atoms with E-state index in [4.69, 9.17) is 0 Å². The number of aryl methyl sites for hydroxylation is 1. The normalized spacial score (nSPS) is 10.3. The van der Waals surface area contributed by atoms with Crippen molar-refractivity contribution in [1.82, 2.24) is 19.6 Å². The van der Waals surface area contributed by atoms with Crippen LogP contribution in [0.15, 0.2) is 40.5 Å². The van der Waals surface area contributed by atoms with Gasteiger partial charge in [-0.1, -0.05) is 6.08 Å². The van der Waals surface area contributed by atoms with Crippen molar-refractivity contribution in [3.8, 4) is 0 Å². The minimum Gasteiger partial charge on any atom is -0.351 e. The number of nitrogens with zero attached hydrogens (tertiary/aromatic N) is 4. The molecule has 2 aromatic rings. The molecule has 0 fully saturated rings. The molecule has 0 bridgehead atoms. The number of rotatable bonds is 4.